The lowest BCUT2D eigenvalue weighted by atomic mass is 10.1. The maximum Gasteiger partial charge on any atom is 0.231 e. The Kier molecular flexibility index (Phi) is 4.22. The molecule has 0 N–H and O–H groups in total. The van der Waals surface area contributed by atoms with Crippen molar-refractivity contribution < 1.29 is 14.0 Å². The summed E-state index contributed by atoms with van der Waals surface area (Å²) in [5.74, 6) is 2.67. The Morgan fingerprint density at radius 1 is 1.23 bits per heavy atom. The molecule has 1 aromatic carbocycles. The lowest BCUT2D eigenvalue weighted by Gasteiger charge is -2.25. The molecule has 0 amide bonds. The molecule has 1 aromatic heterocycles. The maximum absolute atomic E-state index is 6.35. The fraction of sp³-hybridized carbons (Fsp3) is 0.467. The summed E-state index contributed by atoms with van der Waals surface area (Å²) in [6.45, 7) is 7.53. The van der Waals surface area contributed by atoms with Gasteiger partial charge >= 0.3 is 0 Å². The molecular formula is C15H18ClN3O3. The van der Waals surface area contributed by atoms with Crippen LogP contribution in [-0.4, -0.2) is 27.9 Å². The second-order valence-corrected chi connectivity index (χ2v) is 5.93. The molecule has 6 nitrogen and oxygen atoms in total. The molecule has 22 heavy (non-hydrogen) atoms. The highest BCUT2D eigenvalue weighted by Crippen LogP contribution is 2.37. The van der Waals surface area contributed by atoms with E-state index in [4.69, 9.17) is 25.6 Å². The van der Waals surface area contributed by atoms with Gasteiger partial charge in [-0.05, 0) is 25.5 Å². The second-order valence-electron chi connectivity index (χ2n) is 5.53. The van der Waals surface area contributed by atoms with Gasteiger partial charge in [0.1, 0.15) is 0 Å². The molecule has 1 aliphatic heterocycles. The zero-order valence-corrected chi connectivity index (χ0v) is 13.6. The molecule has 0 unspecified atom stereocenters. The minimum Gasteiger partial charge on any atom is -0.454 e. The van der Waals surface area contributed by atoms with Gasteiger partial charge in [-0.1, -0.05) is 16.8 Å². The first-order chi connectivity index (χ1) is 10.5. The number of fused-ring (bicyclic) bond motifs is 1. The van der Waals surface area contributed by atoms with Crippen molar-refractivity contribution in [1.82, 2.24) is 15.0 Å². The van der Waals surface area contributed by atoms with E-state index in [0.29, 0.717) is 41.6 Å². The average molecular weight is 324 g/mol. The van der Waals surface area contributed by atoms with Crippen LogP contribution in [0.1, 0.15) is 31.1 Å². The molecule has 0 spiro atoms. The Labute approximate surface area is 134 Å². The first kappa shape index (κ1) is 15.1. The highest BCUT2D eigenvalue weighted by atomic mass is 35.5. The van der Waals surface area contributed by atoms with Gasteiger partial charge in [-0.3, -0.25) is 4.90 Å². The van der Waals surface area contributed by atoms with Crippen LogP contribution < -0.4 is 9.47 Å². The predicted octanol–water partition coefficient (Wildman–Crippen LogP) is 3.17. The summed E-state index contributed by atoms with van der Waals surface area (Å²) in [6, 6.07) is 4.04. The van der Waals surface area contributed by atoms with E-state index < -0.39 is 0 Å². The molecular weight excluding hydrogens is 306 g/mol. The molecule has 0 bridgehead atoms. The van der Waals surface area contributed by atoms with Gasteiger partial charge in [0.05, 0.1) is 6.54 Å². The van der Waals surface area contributed by atoms with Crippen LogP contribution in [-0.2, 0) is 13.1 Å². The topological polar surface area (TPSA) is 60.6 Å². The molecule has 118 valence electrons. The van der Waals surface area contributed by atoms with Crippen LogP contribution >= 0.6 is 11.6 Å². The third kappa shape index (κ3) is 3.18. The van der Waals surface area contributed by atoms with Crippen molar-refractivity contribution in [3.63, 3.8) is 0 Å². The van der Waals surface area contributed by atoms with E-state index in [2.05, 4.69) is 28.9 Å². The van der Waals surface area contributed by atoms with Crippen LogP contribution in [0.25, 0.3) is 0 Å². The summed E-state index contributed by atoms with van der Waals surface area (Å²) < 4.78 is 15.8. The van der Waals surface area contributed by atoms with Crippen molar-refractivity contribution in [2.45, 2.75) is 39.9 Å². The number of benzene rings is 1. The first-order valence-corrected chi connectivity index (χ1v) is 7.52. The summed E-state index contributed by atoms with van der Waals surface area (Å²) in [7, 11) is 0. The SMILES string of the molecule is Cc1nc(CN(Cc2cc3c(cc2Cl)OCO3)C(C)C)no1. The van der Waals surface area contributed by atoms with Gasteiger partial charge in [0.25, 0.3) is 0 Å². The summed E-state index contributed by atoms with van der Waals surface area (Å²) in [5.41, 5.74) is 0.986. The first-order valence-electron chi connectivity index (χ1n) is 7.14. The van der Waals surface area contributed by atoms with Crippen LogP contribution in [0.4, 0.5) is 0 Å². The van der Waals surface area contributed by atoms with Crippen LogP contribution in [0.5, 0.6) is 11.5 Å². The summed E-state index contributed by atoms with van der Waals surface area (Å²) in [6.07, 6.45) is 0. The van der Waals surface area contributed by atoms with Gasteiger partial charge in [-0.15, -0.1) is 0 Å². The maximum atomic E-state index is 6.35. The van der Waals surface area contributed by atoms with Crippen molar-refractivity contribution >= 4 is 11.6 Å². The number of aromatic nitrogens is 2. The quantitative estimate of drug-likeness (QED) is 0.842. The molecule has 0 atom stereocenters. The summed E-state index contributed by atoms with van der Waals surface area (Å²) in [5, 5.41) is 4.62. The van der Waals surface area contributed by atoms with Crippen molar-refractivity contribution in [2.24, 2.45) is 0 Å². The molecule has 2 aromatic rings. The smallest absolute Gasteiger partial charge is 0.231 e. The van der Waals surface area contributed by atoms with Gasteiger partial charge in [-0.2, -0.15) is 4.98 Å². The van der Waals surface area contributed by atoms with E-state index in [0.717, 1.165) is 11.3 Å². The van der Waals surface area contributed by atoms with Gasteiger partial charge in [0, 0.05) is 30.6 Å². The highest BCUT2D eigenvalue weighted by molar-refractivity contribution is 6.31. The number of nitrogens with zero attached hydrogens (tertiary/aromatic N) is 3. The largest absolute Gasteiger partial charge is 0.454 e. The summed E-state index contributed by atoms with van der Waals surface area (Å²) >= 11 is 6.35. The van der Waals surface area contributed by atoms with E-state index in [9.17, 15) is 0 Å². The third-order valence-electron chi connectivity index (χ3n) is 3.56. The number of hydrogen-bond acceptors (Lipinski definition) is 6. The number of rotatable bonds is 5. The van der Waals surface area contributed by atoms with Crippen molar-refractivity contribution in [3.05, 3.63) is 34.4 Å². The fourth-order valence-electron chi connectivity index (χ4n) is 2.31. The van der Waals surface area contributed by atoms with Crippen molar-refractivity contribution in [3.8, 4) is 11.5 Å². The number of ether oxygens (including phenoxy) is 2. The van der Waals surface area contributed by atoms with Crippen LogP contribution in [0.15, 0.2) is 16.7 Å². The molecule has 2 heterocycles. The molecule has 0 saturated heterocycles. The Hall–Kier alpha value is -1.79. The minimum atomic E-state index is 0.241. The minimum absolute atomic E-state index is 0.241. The van der Waals surface area contributed by atoms with Crippen LogP contribution in [0.2, 0.25) is 5.02 Å². The lowest BCUT2D eigenvalue weighted by molar-refractivity contribution is 0.173. The van der Waals surface area contributed by atoms with E-state index in [1.165, 1.54) is 0 Å². The van der Waals surface area contributed by atoms with E-state index in [1.807, 2.05) is 6.07 Å². The van der Waals surface area contributed by atoms with Gasteiger partial charge < -0.3 is 14.0 Å². The Morgan fingerprint density at radius 2 is 1.95 bits per heavy atom. The molecule has 0 radical (unpaired) electrons. The molecule has 7 heteroatoms. The van der Waals surface area contributed by atoms with Gasteiger partial charge in [0.2, 0.25) is 12.7 Å². The number of aryl methyl sites for hydroxylation is 1. The number of hydrogen-bond donors (Lipinski definition) is 0. The van der Waals surface area contributed by atoms with Gasteiger partial charge in [0.15, 0.2) is 17.3 Å². The monoisotopic (exact) mass is 323 g/mol. The Balaban J connectivity index is 1.79. The normalized spacial score (nSPS) is 13.4. The molecule has 0 saturated carbocycles. The van der Waals surface area contributed by atoms with Crippen LogP contribution in [0, 0.1) is 6.92 Å². The summed E-state index contributed by atoms with van der Waals surface area (Å²) in [4.78, 5) is 6.47. The zero-order valence-electron chi connectivity index (χ0n) is 12.8. The van der Waals surface area contributed by atoms with Crippen molar-refractivity contribution in [2.75, 3.05) is 6.79 Å². The highest BCUT2D eigenvalue weighted by Gasteiger charge is 2.20. The predicted molar refractivity (Wildman–Crippen MR) is 81.0 cm³/mol. The van der Waals surface area contributed by atoms with Crippen molar-refractivity contribution in [1.29, 1.82) is 0 Å². The lowest BCUT2D eigenvalue weighted by Crippen LogP contribution is -2.30. The van der Waals surface area contributed by atoms with Gasteiger partial charge in [-0.25, -0.2) is 0 Å². The Bertz CT molecular complexity index is 672. The molecule has 1 aliphatic rings. The van der Waals surface area contributed by atoms with E-state index in [-0.39, 0.29) is 6.79 Å². The third-order valence-corrected chi connectivity index (χ3v) is 3.91. The number of halogens is 1. The van der Waals surface area contributed by atoms with Crippen LogP contribution in [0.3, 0.4) is 0 Å². The zero-order chi connectivity index (χ0) is 15.7. The standard InChI is InChI=1S/C15H18ClN3O3/c1-9(2)19(7-15-17-10(3)22-18-15)6-11-4-13-14(5-12(11)16)21-8-20-13/h4-5,9H,6-8H2,1-3H3. The molecule has 0 fully saturated rings. The molecule has 0 aliphatic carbocycles. The molecule has 3 rings (SSSR count). The average Bonchev–Trinajstić information content (AvgIpc) is 3.06. The van der Waals surface area contributed by atoms with E-state index >= 15 is 0 Å². The Morgan fingerprint density at radius 3 is 2.59 bits per heavy atom. The fourth-order valence-corrected chi connectivity index (χ4v) is 2.52. The second kappa shape index (κ2) is 6.14. The van der Waals surface area contributed by atoms with E-state index in [1.54, 1.807) is 13.0 Å².